The summed E-state index contributed by atoms with van der Waals surface area (Å²) in [6.07, 6.45) is 6.42. The van der Waals surface area contributed by atoms with Crippen LogP contribution in [0.1, 0.15) is 25.7 Å². The van der Waals surface area contributed by atoms with Crippen LogP contribution in [0.2, 0.25) is 0 Å². The number of rotatable bonds is 6. The van der Waals surface area contributed by atoms with Gasteiger partial charge < -0.3 is 18.5 Å². The fourth-order valence-corrected chi connectivity index (χ4v) is 3.38. The molecule has 1 aliphatic heterocycles. The first-order valence-corrected chi connectivity index (χ1v) is 8.60. The molecule has 1 aliphatic rings. The summed E-state index contributed by atoms with van der Waals surface area (Å²) in [7, 11) is 0. The summed E-state index contributed by atoms with van der Waals surface area (Å²) >= 11 is 0. The molecular weight excluding hydrogens is 306 g/mol. The van der Waals surface area contributed by atoms with E-state index >= 15 is 0 Å². The van der Waals surface area contributed by atoms with E-state index in [1.165, 1.54) is 32.0 Å². The van der Waals surface area contributed by atoms with E-state index in [0.29, 0.717) is 17.8 Å². The Labute approximate surface area is 139 Å². The quantitative estimate of drug-likeness (QED) is 0.509. The third kappa shape index (κ3) is 3.04. The predicted octanol–water partition coefficient (Wildman–Crippen LogP) is 3.79. The number of unbranched alkanes of at least 4 members (excludes halogenated alkanes) is 1. The maximum absolute atomic E-state index is 11.5. The van der Waals surface area contributed by atoms with Crippen LogP contribution < -0.4 is 10.4 Å². The topological polar surface area (TPSA) is 55.8 Å². The Morgan fingerprint density at radius 3 is 2.75 bits per heavy atom. The second kappa shape index (κ2) is 6.69. The van der Waals surface area contributed by atoms with Gasteiger partial charge in [-0.2, -0.15) is 0 Å². The van der Waals surface area contributed by atoms with Gasteiger partial charge in [0.1, 0.15) is 16.9 Å². The number of hydrogen-bond donors (Lipinski definition) is 0. The largest absolute Gasteiger partial charge is 0.492 e. The van der Waals surface area contributed by atoms with Gasteiger partial charge in [-0.25, -0.2) is 4.79 Å². The van der Waals surface area contributed by atoms with Crippen molar-refractivity contribution in [1.29, 1.82) is 0 Å². The standard InChI is InChI=1S/C19H21NO4/c21-18-6-5-14-17(24-18)13-16-15(7-12-22-16)19(14)23-11-4-3-10-20-8-1-2-9-20/h5-7,12-13H,1-4,8-11H2. The van der Waals surface area contributed by atoms with Crippen molar-refractivity contribution < 1.29 is 13.6 Å². The van der Waals surface area contributed by atoms with Crippen LogP contribution in [-0.2, 0) is 0 Å². The van der Waals surface area contributed by atoms with E-state index in [1.807, 2.05) is 6.07 Å². The maximum Gasteiger partial charge on any atom is 0.336 e. The highest BCUT2D eigenvalue weighted by atomic mass is 16.5. The smallest absolute Gasteiger partial charge is 0.336 e. The average molecular weight is 327 g/mol. The molecule has 3 heterocycles. The molecule has 2 aromatic heterocycles. The normalized spacial score (nSPS) is 15.5. The molecule has 0 spiro atoms. The fourth-order valence-electron chi connectivity index (χ4n) is 3.38. The Hall–Kier alpha value is -2.27. The van der Waals surface area contributed by atoms with Gasteiger partial charge in [0.2, 0.25) is 0 Å². The van der Waals surface area contributed by atoms with E-state index in [-0.39, 0.29) is 5.63 Å². The highest BCUT2D eigenvalue weighted by Crippen LogP contribution is 2.35. The van der Waals surface area contributed by atoms with Crippen molar-refractivity contribution in [2.24, 2.45) is 0 Å². The zero-order valence-corrected chi connectivity index (χ0v) is 13.6. The SMILES string of the molecule is O=c1ccc2c(OCCCCN3CCCC3)c3ccoc3cc2o1. The summed E-state index contributed by atoms with van der Waals surface area (Å²) in [6, 6.07) is 6.81. The first-order valence-electron chi connectivity index (χ1n) is 8.60. The first kappa shape index (κ1) is 15.3. The number of fused-ring (bicyclic) bond motifs is 2. The molecule has 3 aromatic rings. The zero-order chi connectivity index (χ0) is 16.4. The van der Waals surface area contributed by atoms with E-state index in [0.717, 1.165) is 35.9 Å². The van der Waals surface area contributed by atoms with Crippen LogP contribution in [0.15, 0.2) is 44.2 Å². The molecule has 0 radical (unpaired) electrons. The molecule has 0 atom stereocenters. The van der Waals surface area contributed by atoms with Crippen molar-refractivity contribution in [3.05, 3.63) is 40.9 Å². The van der Waals surface area contributed by atoms with Gasteiger partial charge >= 0.3 is 5.63 Å². The molecule has 0 saturated carbocycles. The third-order valence-electron chi connectivity index (χ3n) is 4.62. The maximum atomic E-state index is 11.5. The molecule has 1 fully saturated rings. The summed E-state index contributed by atoms with van der Waals surface area (Å²) in [5.41, 5.74) is 0.797. The molecule has 24 heavy (non-hydrogen) atoms. The molecular formula is C19H21NO4. The van der Waals surface area contributed by atoms with Crippen molar-refractivity contribution in [2.45, 2.75) is 25.7 Å². The van der Waals surface area contributed by atoms with E-state index in [2.05, 4.69) is 4.90 Å². The lowest BCUT2D eigenvalue weighted by atomic mass is 10.1. The molecule has 4 rings (SSSR count). The van der Waals surface area contributed by atoms with Crippen LogP contribution in [0, 0.1) is 0 Å². The lowest BCUT2D eigenvalue weighted by Crippen LogP contribution is -2.20. The van der Waals surface area contributed by atoms with Gasteiger partial charge in [-0.3, -0.25) is 0 Å². The summed E-state index contributed by atoms with van der Waals surface area (Å²) in [5, 5.41) is 1.72. The number of benzene rings is 1. The number of nitrogens with zero attached hydrogens (tertiary/aromatic N) is 1. The minimum Gasteiger partial charge on any atom is -0.492 e. The summed E-state index contributed by atoms with van der Waals surface area (Å²) < 4.78 is 16.8. The van der Waals surface area contributed by atoms with Gasteiger partial charge in [0, 0.05) is 12.1 Å². The Morgan fingerprint density at radius 2 is 1.88 bits per heavy atom. The van der Waals surface area contributed by atoms with Gasteiger partial charge in [0.05, 0.1) is 23.6 Å². The molecule has 5 heteroatoms. The summed E-state index contributed by atoms with van der Waals surface area (Å²) in [5.74, 6) is 0.737. The van der Waals surface area contributed by atoms with E-state index in [9.17, 15) is 4.79 Å². The van der Waals surface area contributed by atoms with Crippen molar-refractivity contribution in [2.75, 3.05) is 26.2 Å². The molecule has 0 aliphatic carbocycles. The average Bonchev–Trinajstić information content (AvgIpc) is 3.24. The molecule has 1 saturated heterocycles. The van der Waals surface area contributed by atoms with E-state index in [1.54, 1.807) is 18.4 Å². The molecule has 0 amide bonds. The Kier molecular flexibility index (Phi) is 4.26. The Balaban J connectivity index is 1.49. The van der Waals surface area contributed by atoms with Crippen LogP contribution in [0.5, 0.6) is 5.75 Å². The van der Waals surface area contributed by atoms with Crippen molar-refractivity contribution >= 4 is 21.9 Å². The van der Waals surface area contributed by atoms with E-state index < -0.39 is 0 Å². The van der Waals surface area contributed by atoms with Crippen molar-refractivity contribution in [3.8, 4) is 5.75 Å². The molecule has 1 aromatic carbocycles. The van der Waals surface area contributed by atoms with E-state index in [4.69, 9.17) is 13.6 Å². The first-order chi connectivity index (χ1) is 11.8. The second-order valence-corrected chi connectivity index (χ2v) is 6.31. The minimum atomic E-state index is -0.370. The van der Waals surface area contributed by atoms with Crippen LogP contribution in [-0.4, -0.2) is 31.1 Å². The summed E-state index contributed by atoms with van der Waals surface area (Å²) in [6.45, 7) is 4.26. The minimum absolute atomic E-state index is 0.370. The molecule has 0 bridgehead atoms. The lowest BCUT2D eigenvalue weighted by Gasteiger charge is -2.14. The monoisotopic (exact) mass is 327 g/mol. The van der Waals surface area contributed by atoms with Crippen LogP contribution in [0.25, 0.3) is 21.9 Å². The van der Waals surface area contributed by atoms with Gasteiger partial charge in [0.15, 0.2) is 0 Å². The second-order valence-electron chi connectivity index (χ2n) is 6.31. The number of hydrogen-bond acceptors (Lipinski definition) is 5. The predicted molar refractivity (Wildman–Crippen MR) is 92.7 cm³/mol. The van der Waals surface area contributed by atoms with Crippen LogP contribution >= 0.6 is 0 Å². The van der Waals surface area contributed by atoms with Crippen LogP contribution in [0.3, 0.4) is 0 Å². The highest BCUT2D eigenvalue weighted by molar-refractivity contribution is 6.01. The summed E-state index contributed by atoms with van der Waals surface area (Å²) in [4.78, 5) is 14.0. The van der Waals surface area contributed by atoms with Crippen molar-refractivity contribution in [1.82, 2.24) is 4.90 Å². The van der Waals surface area contributed by atoms with Crippen LogP contribution in [0.4, 0.5) is 0 Å². The lowest BCUT2D eigenvalue weighted by molar-refractivity contribution is 0.283. The third-order valence-corrected chi connectivity index (χ3v) is 4.62. The van der Waals surface area contributed by atoms with Gasteiger partial charge in [-0.05, 0) is 57.5 Å². The molecule has 0 N–H and O–H groups in total. The van der Waals surface area contributed by atoms with Gasteiger partial charge in [0.25, 0.3) is 0 Å². The van der Waals surface area contributed by atoms with Gasteiger partial charge in [-0.1, -0.05) is 0 Å². The zero-order valence-electron chi connectivity index (χ0n) is 13.6. The molecule has 0 unspecified atom stereocenters. The molecule has 126 valence electrons. The Bertz CT molecular complexity index is 889. The fraction of sp³-hybridized carbons (Fsp3) is 0.421. The highest BCUT2D eigenvalue weighted by Gasteiger charge is 2.14. The van der Waals surface area contributed by atoms with Crippen molar-refractivity contribution in [3.63, 3.8) is 0 Å². The Morgan fingerprint density at radius 1 is 1.04 bits per heavy atom. The number of furan rings is 1. The van der Waals surface area contributed by atoms with Gasteiger partial charge in [-0.15, -0.1) is 0 Å². The number of ether oxygens (including phenoxy) is 1. The number of likely N-dealkylation sites (tertiary alicyclic amines) is 1. The molecule has 5 nitrogen and oxygen atoms in total.